The van der Waals surface area contributed by atoms with Gasteiger partial charge in [0.15, 0.2) is 0 Å². The molecule has 1 N–H and O–H groups in total. The number of methoxy groups -OCH3 is 1. The van der Waals surface area contributed by atoms with Crippen LogP contribution in [0.5, 0.6) is 5.75 Å². The molecule has 0 amide bonds. The van der Waals surface area contributed by atoms with Crippen molar-refractivity contribution in [1.29, 1.82) is 0 Å². The average Bonchev–Trinajstić information content (AvgIpc) is 2.53. The largest absolute Gasteiger partial charge is 0.497 e. The Balaban J connectivity index is 1.99. The maximum absolute atomic E-state index is 5.32. The molecule has 0 fully saturated rings. The van der Waals surface area contributed by atoms with Crippen LogP contribution >= 0.6 is 0 Å². The van der Waals surface area contributed by atoms with Crippen LogP contribution in [0.3, 0.4) is 0 Å². The number of para-hydroxylation sites is 1. The molecule has 2 nitrogen and oxygen atoms in total. The number of anilines is 2. The van der Waals surface area contributed by atoms with Gasteiger partial charge in [-0.2, -0.15) is 0 Å². The van der Waals surface area contributed by atoms with Crippen LogP contribution < -0.4 is 10.1 Å². The topological polar surface area (TPSA) is 21.3 Å². The van der Waals surface area contributed by atoms with Gasteiger partial charge in [0.1, 0.15) is 5.75 Å². The summed E-state index contributed by atoms with van der Waals surface area (Å²) in [6, 6.07) is 21.0. The maximum Gasteiger partial charge on any atom is 0.119 e. The van der Waals surface area contributed by atoms with Crippen molar-refractivity contribution in [2.24, 2.45) is 0 Å². The van der Waals surface area contributed by atoms with Gasteiger partial charge < -0.3 is 10.1 Å². The third kappa shape index (κ3) is 3.31. The molecule has 0 aromatic heterocycles. The molecular formula is C21H23NO. The Morgan fingerprint density at radius 3 is 2.30 bits per heavy atom. The predicted octanol–water partition coefficient (Wildman–Crippen LogP) is 5.89. The summed E-state index contributed by atoms with van der Waals surface area (Å²) in [5, 5.41) is 5.95. The first kappa shape index (κ1) is 15.4. The highest BCUT2D eigenvalue weighted by Crippen LogP contribution is 2.32. The first-order valence-corrected chi connectivity index (χ1v) is 7.92. The van der Waals surface area contributed by atoms with E-state index in [1.165, 1.54) is 16.3 Å². The third-order valence-electron chi connectivity index (χ3n) is 4.06. The zero-order chi connectivity index (χ0) is 16.4. The van der Waals surface area contributed by atoms with E-state index in [-0.39, 0.29) is 5.41 Å². The molecule has 0 radical (unpaired) electrons. The zero-order valence-electron chi connectivity index (χ0n) is 14.2. The van der Waals surface area contributed by atoms with Gasteiger partial charge in [0.2, 0.25) is 0 Å². The Labute approximate surface area is 138 Å². The molecule has 3 aromatic rings. The molecule has 0 unspecified atom stereocenters. The Hall–Kier alpha value is -2.48. The molecule has 0 saturated heterocycles. The molecule has 3 aromatic carbocycles. The zero-order valence-corrected chi connectivity index (χ0v) is 14.2. The number of benzene rings is 3. The van der Waals surface area contributed by atoms with Gasteiger partial charge in [-0.3, -0.25) is 0 Å². The summed E-state index contributed by atoms with van der Waals surface area (Å²) in [5.41, 5.74) is 3.65. The van der Waals surface area contributed by atoms with E-state index in [4.69, 9.17) is 4.74 Å². The Morgan fingerprint density at radius 1 is 0.826 bits per heavy atom. The molecule has 0 aliphatic heterocycles. The van der Waals surface area contributed by atoms with Crippen LogP contribution in [0.2, 0.25) is 0 Å². The van der Waals surface area contributed by atoms with E-state index in [0.717, 1.165) is 17.1 Å². The van der Waals surface area contributed by atoms with E-state index in [0.29, 0.717) is 0 Å². The van der Waals surface area contributed by atoms with E-state index in [2.05, 4.69) is 80.7 Å². The summed E-state index contributed by atoms with van der Waals surface area (Å²) in [4.78, 5) is 0. The van der Waals surface area contributed by atoms with Gasteiger partial charge in [0.05, 0.1) is 7.11 Å². The summed E-state index contributed by atoms with van der Waals surface area (Å²) < 4.78 is 5.32. The Kier molecular flexibility index (Phi) is 3.99. The molecule has 2 heteroatoms. The number of hydrogen-bond donors (Lipinski definition) is 1. The van der Waals surface area contributed by atoms with Crippen molar-refractivity contribution in [3.8, 4) is 5.75 Å². The second-order valence-electron chi connectivity index (χ2n) is 6.85. The highest BCUT2D eigenvalue weighted by atomic mass is 16.5. The maximum atomic E-state index is 5.32. The highest BCUT2D eigenvalue weighted by molar-refractivity contribution is 5.87. The number of hydrogen-bond acceptors (Lipinski definition) is 2. The van der Waals surface area contributed by atoms with E-state index in [1.807, 2.05) is 6.07 Å². The fourth-order valence-corrected chi connectivity index (χ4v) is 2.83. The number of fused-ring (bicyclic) bond motifs is 1. The molecule has 0 aliphatic carbocycles. The van der Waals surface area contributed by atoms with Crippen molar-refractivity contribution < 1.29 is 4.74 Å². The van der Waals surface area contributed by atoms with Crippen molar-refractivity contribution in [1.82, 2.24) is 0 Å². The van der Waals surface area contributed by atoms with Crippen molar-refractivity contribution >= 4 is 22.1 Å². The van der Waals surface area contributed by atoms with Crippen LogP contribution in [0, 0.1) is 0 Å². The van der Waals surface area contributed by atoms with Gasteiger partial charge in [0, 0.05) is 11.4 Å². The standard InChI is InChI=1S/C21H23NO/c1-21(2,3)19-7-5-6-8-20(19)22-17-11-9-15-10-12-18(23-4)14-16(15)13-17/h5-14,22H,1-4H3. The summed E-state index contributed by atoms with van der Waals surface area (Å²) in [5.74, 6) is 0.879. The van der Waals surface area contributed by atoms with E-state index < -0.39 is 0 Å². The minimum atomic E-state index is 0.101. The minimum Gasteiger partial charge on any atom is -0.497 e. The van der Waals surface area contributed by atoms with Crippen LogP contribution in [-0.2, 0) is 5.41 Å². The Bertz CT molecular complexity index is 831. The van der Waals surface area contributed by atoms with Crippen LogP contribution in [-0.4, -0.2) is 7.11 Å². The normalized spacial score (nSPS) is 11.5. The first-order valence-electron chi connectivity index (χ1n) is 7.92. The van der Waals surface area contributed by atoms with Crippen molar-refractivity contribution in [3.63, 3.8) is 0 Å². The predicted molar refractivity (Wildman–Crippen MR) is 98.9 cm³/mol. The van der Waals surface area contributed by atoms with Gasteiger partial charge >= 0.3 is 0 Å². The minimum absolute atomic E-state index is 0.101. The lowest BCUT2D eigenvalue weighted by molar-refractivity contribution is 0.415. The van der Waals surface area contributed by atoms with Crippen LogP contribution in [0.4, 0.5) is 11.4 Å². The first-order chi connectivity index (χ1) is 11.0. The second-order valence-corrected chi connectivity index (χ2v) is 6.85. The van der Waals surface area contributed by atoms with Gasteiger partial charge in [0.25, 0.3) is 0 Å². The van der Waals surface area contributed by atoms with Gasteiger partial charge in [-0.15, -0.1) is 0 Å². The van der Waals surface area contributed by atoms with Crippen LogP contribution in [0.1, 0.15) is 26.3 Å². The molecule has 0 aliphatic rings. The van der Waals surface area contributed by atoms with Crippen molar-refractivity contribution in [2.45, 2.75) is 26.2 Å². The quantitative estimate of drug-likeness (QED) is 0.651. The number of ether oxygens (including phenoxy) is 1. The van der Waals surface area contributed by atoms with E-state index in [9.17, 15) is 0 Å². The highest BCUT2D eigenvalue weighted by Gasteiger charge is 2.17. The second kappa shape index (κ2) is 5.96. The SMILES string of the molecule is COc1ccc2ccc(Nc3ccccc3C(C)(C)C)cc2c1. The van der Waals surface area contributed by atoms with E-state index >= 15 is 0 Å². The van der Waals surface area contributed by atoms with Crippen LogP contribution in [0.15, 0.2) is 60.7 Å². The third-order valence-corrected chi connectivity index (χ3v) is 4.06. The fourth-order valence-electron chi connectivity index (χ4n) is 2.83. The number of nitrogens with one attached hydrogen (secondary N) is 1. The summed E-state index contributed by atoms with van der Waals surface area (Å²) in [6.07, 6.45) is 0. The van der Waals surface area contributed by atoms with Crippen LogP contribution in [0.25, 0.3) is 10.8 Å². The molecule has 0 spiro atoms. The average molecular weight is 305 g/mol. The lowest BCUT2D eigenvalue weighted by atomic mass is 9.86. The molecule has 3 rings (SSSR count). The molecule has 0 bridgehead atoms. The summed E-state index contributed by atoms with van der Waals surface area (Å²) >= 11 is 0. The molecule has 23 heavy (non-hydrogen) atoms. The number of rotatable bonds is 3. The smallest absolute Gasteiger partial charge is 0.119 e. The molecule has 118 valence electrons. The fraction of sp³-hybridized carbons (Fsp3) is 0.238. The van der Waals surface area contributed by atoms with Crippen molar-refractivity contribution in [3.05, 3.63) is 66.2 Å². The Morgan fingerprint density at radius 2 is 1.57 bits per heavy atom. The monoisotopic (exact) mass is 305 g/mol. The lowest BCUT2D eigenvalue weighted by Gasteiger charge is -2.23. The molecular weight excluding hydrogens is 282 g/mol. The molecule has 0 atom stereocenters. The van der Waals surface area contributed by atoms with E-state index in [1.54, 1.807) is 7.11 Å². The van der Waals surface area contributed by atoms with Gasteiger partial charge in [-0.25, -0.2) is 0 Å². The van der Waals surface area contributed by atoms with Gasteiger partial charge in [-0.05, 0) is 52.1 Å². The molecule has 0 heterocycles. The van der Waals surface area contributed by atoms with Crippen molar-refractivity contribution in [2.75, 3.05) is 12.4 Å². The van der Waals surface area contributed by atoms with Gasteiger partial charge in [-0.1, -0.05) is 51.1 Å². The summed E-state index contributed by atoms with van der Waals surface area (Å²) in [7, 11) is 1.70. The lowest BCUT2D eigenvalue weighted by Crippen LogP contribution is -2.13. The summed E-state index contributed by atoms with van der Waals surface area (Å²) in [6.45, 7) is 6.70. The molecule has 0 saturated carbocycles.